The first kappa shape index (κ1) is 18.7. The summed E-state index contributed by atoms with van der Waals surface area (Å²) in [4.78, 5) is 42.8. The fourth-order valence-corrected chi connectivity index (χ4v) is 4.70. The molecule has 0 N–H and O–H groups in total. The van der Waals surface area contributed by atoms with Crippen molar-refractivity contribution in [2.45, 2.75) is 6.61 Å². The molecule has 0 saturated heterocycles. The van der Waals surface area contributed by atoms with E-state index in [1.165, 1.54) is 23.5 Å². The average molecular weight is 434 g/mol. The van der Waals surface area contributed by atoms with E-state index in [9.17, 15) is 14.4 Å². The zero-order chi connectivity index (χ0) is 20.8. The van der Waals surface area contributed by atoms with Crippen molar-refractivity contribution in [2.24, 2.45) is 0 Å². The number of ketones is 2. The van der Waals surface area contributed by atoms with Crippen LogP contribution in [-0.4, -0.2) is 22.5 Å². The smallest absolute Gasteiger partial charge is 0.340 e. The summed E-state index contributed by atoms with van der Waals surface area (Å²) in [6, 6.07) is 17.1. The molecule has 5 nitrogen and oxygen atoms in total. The van der Waals surface area contributed by atoms with Crippen LogP contribution in [-0.2, 0) is 11.3 Å². The molecule has 0 spiro atoms. The fourth-order valence-electron chi connectivity index (χ4n) is 3.49. The molecule has 1 aliphatic rings. The Balaban J connectivity index is 1.45. The van der Waals surface area contributed by atoms with Crippen LogP contribution in [0.25, 0.3) is 10.2 Å². The largest absolute Gasteiger partial charge is 0.455 e. The van der Waals surface area contributed by atoms with Crippen molar-refractivity contribution in [1.82, 2.24) is 4.98 Å². The fraction of sp³-hybridized carbons (Fsp3) is 0.0435. The summed E-state index contributed by atoms with van der Waals surface area (Å²) in [5, 5.41) is 0.577. The van der Waals surface area contributed by atoms with E-state index < -0.39 is 5.97 Å². The summed E-state index contributed by atoms with van der Waals surface area (Å²) in [7, 11) is 0. The number of hydrogen-bond acceptors (Lipinski definition) is 6. The third kappa shape index (κ3) is 2.93. The molecule has 146 valence electrons. The molecule has 7 heteroatoms. The van der Waals surface area contributed by atoms with E-state index >= 15 is 0 Å². The SMILES string of the molecule is O=C(OCc1nc2ccccc2s1)c1ccc2c(c1Cl)C(=O)c1ccccc1C2=O. The van der Waals surface area contributed by atoms with Gasteiger partial charge in [0.05, 0.1) is 26.4 Å². The summed E-state index contributed by atoms with van der Waals surface area (Å²) in [6.07, 6.45) is 0. The first-order valence-electron chi connectivity index (χ1n) is 9.07. The molecule has 0 amide bonds. The van der Waals surface area contributed by atoms with Gasteiger partial charge in [0.15, 0.2) is 11.6 Å². The lowest BCUT2D eigenvalue weighted by atomic mass is 9.83. The number of thiazole rings is 1. The van der Waals surface area contributed by atoms with Crippen molar-refractivity contribution in [2.75, 3.05) is 0 Å². The molecule has 1 aliphatic carbocycles. The summed E-state index contributed by atoms with van der Waals surface area (Å²) in [5.74, 6) is -1.36. The van der Waals surface area contributed by atoms with Crippen LogP contribution < -0.4 is 0 Å². The minimum absolute atomic E-state index is 0.0126. The molecule has 0 radical (unpaired) electrons. The highest BCUT2D eigenvalue weighted by Crippen LogP contribution is 2.34. The van der Waals surface area contributed by atoms with E-state index in [2.05, 4.69) is 4.98 Å². The van der Waals surface area contributed by atoms with Gasteiger partial charge in [0.2, 0.25) is 0 Å². The van der Waals surface area contributed by atoms with Gasteiger partial charge >= 0.3 is 5.97 Å². The molecule has 0 bridgehead atoms. The molecule has 1 heterocycles. The van der Waals surface area contributed by atoms with Crippen LogP contribution in [0.3, 0.4) is 0 Å². The lowest BCUT2D eigenvalue weighted by Crippen LogP contribution is -2.22. The van der Waals surface area contributed by atoms with Gasteiger partial charge < -0.3 is 4.74 Å². The molecule has 0 atom stereocenters. The van der Waals surface area contributed by atoms with Crippen molar-refractivity contribution in [1.29, 1.82) is 0 Å². The highest BCUT2D eigenvalue weighted by Gasteiger charge is 2.33. The van der Waals surface area contributed by atoms with E-state index in [0.29, 0.717) is 10.6 Å². The van der Waals surface area contributed by atoms with Gasteiger partial charge in [0.25, 0.3) is 0 Å². The lowest BCUT2D eigenvalue weighted by Gasteiger charge is -2.19. The minimum atomic E-state index is -0.679. The Morgan fingerprint density at radius 1 is 0.900 bits per heavy atom. The Morgan fingerprint density at radius 2 is 1.60 bits per heavy atom. The number of rotatable bonds is 3. The molecule has 30 heavy (non-hydrogen) atoms. The Bertz CT molecular complexity index is 1340. The molecule has 4 aromatic rings. The van der Waals surface area contributed by atoms with E-state index in [-0.39, 0.29) is 45.4 Å². The van der Waals surface area contributed by atoms with E-state index in [1.54, 1.807) is 24.3 Å². The maximum atomic E-state index is 12.9. The molecule has 5 rings (SSSR count). The van der Waals surface area contributed by atoms with Crippen molar-refractivity contribution in [3.63, 3.8) is 0 Å². The normalized spacial score (nSPS) is 12.6. The number of ether oxygens (including phenoxy) is 1. The minimum Gasteiger partial charge on any atom is -0.455 e. The Morgan fingerprint density at radius 3 is 2.37 bits per heavy atom. The number of aromatic nitrogens is 1. The lowest BCUT2D eigenvalue weighted by molar-refractivity contribution is 0.0472. The number of benzene rings is 3. The molecule has 1 aromatic heterocycles. The van der Waals surface area contributed by atoms with Crippen LogP contribution >= 0.6 is 22.9 Å². The Hall–Kier alpha value is -3.35. The number of fused-ring (bicyclic) bond motifs is 3. The standard InChI is InChI=1S/C23H12ClNO4S/c24-20-15(23(28)29-11-18-25-16-7-3-4-8-17(16)30-18)10-9-14-19(20)22(27)13-6-2-1-5-12(13)21(14)26/h1-10H,11H2. The van der Waals surface area contributed by atoms with Crippen LogP contribution in [0.4, 0.5) is 0 Å². The second-order valence-corrected chi connectivity index (χ2v) is 8.20. The number of carbonyl (C=O) groups is 3. The summed E-state index contributed by atoms with van der Waals surface area (Å²) in [5.41, 5.74) is 1.70. The van der Waals surface area contributed by atoms with Gasteiger partial charge in [-0.25, -0.2) is 9.78 Å². The van der Waals surface area contributed by atoms with E-state index in [0.717, 1.165) is 10.2 Å². The Labute approximate surface area is 179 Å². The molecule has 0 fully saturated rings. The predicted octanol–water partition coefficient (Wildman–Crippen LogP) is 5.08. The highest BCUT2D eigenvalue weighted by atomic mass is 35.5. The third-order valence-electron chi connectivity index (χ3n) is 4.91. The van der Waals surface area contributed by atoms with Crippen LogP contribution in [0, 0.1) is 0 Å². The summed E-state index contributed by atoms with van der Waals surface area (Å²) < 4.78 is 6.37. The van der Waals surface area contributed by atoms with Gasteiger partial charge in [-0.2, -0.15) is 0 Å². The van der Waals surface area contributed by atoms with Gasteiger partial charge in [0.1, 0.15) is 11.6 Å². The summed E-state index contributed by atoms with van der Waals surface area (Å²) >= 11 is 7.84. The zero-order valence-corrected chi connectivity index (χ0v) is 16.9. The molecule has 0 aliphatic heterocycles. The van der Waals surface area contributed by atoms with Crippen molar-refractivity contribution in [3.8, 4) is 0 Å². The number of hydrogen-bond donors (Lipinski definition) is 0. The van der Waals surface area contributed by atoms with Crippen LogP contribution in [0.2, 0.25) is 5.02 Å². The average Bonchev–Trinajstić information content (AvgIpc) is 3.19. The second kappa shape index (κ2) is 7.16. The third-order valence-corrected chi connectivity index (χ3v) is 6.32. The number of para-hydroxylation sites is 1. The monoisotopic (exact) mass is 433 g/mol. The van der Waals surface area contributed by atoms with Gasteiger partial charge in [-0.1, -0.05) is 48.0 Å². The summed E-state index contributed by atoms with van der Waals surface area (Å²) in [6.45, 7) is -0.0126. The van der Waals surface area contributed by atoms with Gasteiger partial charge in [-0.05, 0) is 24.3 Å². The first-order valence-corrected chi connectivity index (χ1v) is 10.3. The topological polar surface area (TPSA) is 73.3 Å². The maximum Gasteiger partial charge on any atom is 0.340 e. The molecular formula is C23H12ClNO4S. The number of nitrogens with zero attached hydrogens (tertiary/aromatic N) is 1. The molecule has 0 unspecified atom stereocenters. The quantitative estimate of drug-likeness (QED) is 0.371. The number of carbonyl (C=O) groups excluding carboxylic acids is 3. The predicted molar refractivity (Wildman–Crippen MR) is 113 cm³/mol. The molecule has 0 saturated carbocycles. The van der Waals surface area contributed by atoms with Gasteiger partial charge in [-0.3, -0.25) is 9.59 Å². The van der Waals surface area contributed by atoms with Gasteiger partial charge in [0, 0.05) is 16.7 Å². The van der Waals surface area contributed by atoms with Crippen molar-refractivity contribution in [3.05, 3.63) is 98.5 Å². The van der Waals surface area contributed by atoms with Crippen molar-refractivity contribution < 1.29 is 19.1 Å². The molecular weight excluding hydrogens is 422 g/mol. The van der Waals surface area contributed by atoms with E-state index in [1.807, 2.05) is 24.3 Å². The number of esters is 1. The van der Waals surface area contributed by atoms with Crippen LogP contribution in [0.5, 0.6) is 0 Å². The van der Waals surface area contributed by atoms with Crippen molar-refractivity contribution >= 4 is 50.7 Å². The number of halogens is 1. The van der Waals surface area contributed by atoms with E-state index in [4.69, 9.17) is 16.3 Å². The van der Waals surface area contributed by atoms with Gasteiger partial charge in [-0.15, -0.1) is 11.3 Å². The highest BCUT2D eigenvalue weighted by molar-refractivity contribution is 7.18. The van der Waals surface area contributed by atoms with Crippen LogP contribution in [0.1, 0.15) is 47.2 Å². The zero-order valence-electron chi connectivity index (χ0n) is 15.3. The maximum absolute atomic E-state index is 12.9. The Kier molecular flexibility index (Phi) is 4.46. The molecule has 3 aromatic carbocycles. The second-order valence-electron chi connectivity index (χ2n) is 6.70. The van der Waals surface area contributed by atoms with Crippen LogP contribution in [0.15, 0.2) is 60.7 Å². The first-order chi connectivity index (χ1) is 14.5.